The van der Waals surface area contributed by atoms with Gasteiger partial charge in [0.05, 0.1) is 18.8 Å². The number of hydrogen-bond donors (Lipinski definition) is 1. The summed E-state index contributed by atoms with van der Waals surface area (Å²) in [6, 6.07) is 5.19. The van der Waals surface area contributed by atoms with E-state index in [1.165, 1.54) is 11.0 Å². The number of hydrogen-bond acceptors (Lipinski definition) is 6. The first-order valence-corrected chi connectivity index (χ1v) is 8.17. The Morgan fingerprint density at radius 1 is 1.12 bits per heavy atom. The molecule has 0 radical (unpaired) electrons. The molecule has 0 aromatic carbocycles. The van der Waals surface area contributed by atoms with E-state index in [1.807, 2.05) is 0 Å². The Morgan fingerprint density at radius 3 is 2.68 bits per heavy atom. The Morgan fingerprint density at radius 2 is 1.92 bits per heavy atom. The standard InChI is InChI=1S/C16H15ClN6O2/c17-13-2-1-11(8-18-13)12-9-21-23(16(12)24)15-7-14(19-10-20-15)22-3-5-25-6-4-22/h1-2,7-10,21H,3-6H2. The SMILES string of the molecule is O=c1c(-c2ccc(Cl)nc2)c[nH]n1-c1cc(N2CCOCC2)ncn1. The van der Waals surface area contributed by atoms with Crippen molar-refractivity contribution in [1.29, 1.82) is 0 Å². The van der Waals surface area contributed by atoms with E-state index < -0.39 is 0 Å². The Hall–Kier alpha value is -2.71. The molecule has 0 amide bonds. The number of nitrogens with zero attached hydrogens (tertiary/aromatic N) is 5. The second kappa shape index (κ2) is 6.66. The summed E-state index contributed by atoms with van der Waals surface area (Å²) < 4.78 is 6.74. The van der Waals surface area contributed by atoms with E-state index in [0.717, 1.165) is 18.9 Å². The van der Waals surface area contributed by atoms with Crippen molar-refractivity contribution in [2.24, 2.45) is 0 Å². The average molecular weight is 359 g/mol. The number of halogens is 1. The summed E-state index contributed by atoms with van der Waals surface area (Å²) in [6.45, 7) is 2.85. The minimum atomic E-state index is -0.212. The topological polar surface area (TPSA) is 88.9 Å². The molecule has 1 fully saturated rings. The summed E-state index contributed by atoms with van der Waals surface area (Å²) in [5, 5.41) is 3.32. The molecule has 4 rings (SSSR count). The Balaban J connectivity index is 1.68. The van der Waals surface area contributed by atoms with Crippen molar-refractivity contribution in [2.75, 3.05) is 31.2 Å². The van der Waals surface area contributed by atoms with Crippen LogP contribution in [0.15, 0.2) is 41.7 Å². The minimum Gasteiger partial charge on any atom is -0.378 e. The van der Waals surface area contributed by atoms with Crippen molar-refractivity contribution in [3.05, 3.63) is 52.4 Å². The van der Waals surface area contributed by atoms with Crippen molar-refractivity contribution in [3.8, 4) is 16.9 Å². The summed E-state index contributed by atoms with van der Waals surface area (Å²) in [7, 11) is 0. The third-order valence-corrected chi connectivity index (χ3v) is 4.24. The van der Waals surface area contributed by atoms with Gasteiger partial charge in [-0.25, -0.2) is 19.6 Å². The first kappa shape index (κ1) is 15.8. The highest BCUT2D eigenvalue weighted by Crippen LogP contribution is 2.18. The fraction of sp³-hybridized carbons (Fsp3) is 0.250. The molecule has 4 heterocycles. The zero-order chi connectivity index (χ0) is 17.2. The molecule has 0 unspecified atom stereocenters. The lowest BCUT2D eigenvalue weighted by Crippen LogP contribution is -2.36. The van der Waals surface area contributed by atoms with Crippen LogP contribution in [0.2, 0.25) is 5.15 Å². The normalized spacial score (nSPS) is 14.7. The van der Waals surface area contributed by atoms with Crippen LogP contribution in [0, 0.1) is 0 Å². The predicted octanol–water partition coefficient (Wildman–Crippen LogP) is 1.51. The lowest BCUT2D eigenvalue weighted by molar-refractivity contribution is 0.122. The highest BCUT2D eigenvalue weighted by atomic mass is 35.5. The maximum absolute atomic E-state index is 12.7. The second-order valence-electron chi connectivity index (χ2n) is 5.53. The van der Waals surface area contributed by atoms with Gasteiger partial charge in [-0.05, 0) is 12.1 Å². The maximum Gasteiger partial charge on any atom is 0.280 e. The summed E-state index contributed by atoms with van der Waals surface area (Å²) in [5.74, 6) is 1.25. The average Bonchev–Trinajstić information content (AvgIpc) is 3.05. The van der Waals surface area contributed by atoms with Crippen LogP contribution in [0.25, 0.3) is 16.9 Å². The van der Waals surface area contributed by atoms with Crippen LogP contribution in [-0.2, 0) is 4.74 Å². The van der Waals surface area contributed by atoms with Gasteiger partial charge in [-0.1, -0.05) is 11.6 Å². The van der Waals surface area contributed by atoms with Crippen LogP contribution < -0.4 is 10.5 Å². The Kier molecular flexibility index (Phi) is 4.21. The summed E-state index contributed by atoms with van der Waals surface area (Å²) in [6.07, 6.45) is 4.65. The minimum absolute atomic E-state index is 0.212. The Labute approximate surface area is 148 Å². The van der Waals surface area contributed by atoms with Crippen LogP contribution >= 0.6 is 11.6 Å². The number of aromatic amines is 1. The summed E-state index contributed by atoms with van der Waals surface area (Å²) in [5.41, 5.74) is 0.971. The molecular weight excluding hydrogens is 344 g/mol. The quantitative estimate of drug-likeness (QED) is 0.714. The van der Waals surface area contributed by atoms with Gasteiger partial charge in [0.1, 0.15) is 17.3 Å². The number of nitrogens with one attached hydrogen (secondary N) is 1. The van der Waals surface area contributed by atoms with Crippen molar-refractivity contribution in [3.63, 3.8) is 0 Å². The van der Waals surface area contributed by atoms with E-state index in [4.69, 9.17) is 16.3 Å². The van der Waals surface area contributed by atoms with Gasteiger partial charge < -0.3 is 9.64 Å². The van der Waals surface area contributed by atoms with Crippen molar-refractivity contribution in [1.82, 2.24) is 24.7 Å². The number of pyridine rings is 1. The number of morpholine rings is 1. The molecule has 0 atom stereocenters. The van der Waals surface area contributed by atoms with Crippen LogP contribution in [0.5, 0.6) is 0 Å². The number of rotatable bonds is 3. The van der Waals surface area contributed by atoms with E-state index in [2.05, 4.69) is 25.0 Å². The number of anilines is 1. The van der Waals surface area contributed by atoms with Gasteiger partial charge in [0.2, 0.25) is 0 Å². The first-order valence-electron chi connectivity index (χ1n) is 7.80. The van der Waals surface area contributed by atoms with E-state index in [1.54, 1.807) is 30.6 Å². The van der Waals surface area contributed by atoms with Gasteiger partial charge >= 0.3 is 0 Å². The third-order valence-electron chi connectivity index (χ3n) is 4.01. The molecule has 1 N–H and O–H groups in total. The van der Waals surface area contributed by atoms with Gasteiger partial charge in [0.15, 0.2) is 5.82 Å². The largest absolute Gasteiger partial charge is 0.378 e. The van der Waals surface area contributed by atoms with Gasteiger partial charge in [-0.15, -0.1) is 0 Å². The smallest absolute Gasteiger partial charge is 0.280 e. The van der Waals surface area contributed by atoms with Crippen LogP contribution in [0.3, 0.4) is 0 Å². The number of H-pyrrole nitrogens is 1. The molecule has 0 bridgehead atoms. The second-order valence-corrected chi connectivity index (χ2v) is 5.92. The third kappa shape index (κ3) is 3.13. The fourth-order valence-electron chi connectivity index (χ4n) is 2.71. The van der Waals surface area contributed by atoms with Crippen LogP contribution in [0.4, 0.5) is 5.82 Å². The van der Waals surface area contributed by atoms with Gasteiger partial charge in [-0.2, -0.15) is 0 Å². The Bertz CT molecular complexity index is 930. The molecule has 1 saturated heterocycles. The van der Waals surface area contributed by atoms with Crippen LogP contribution in [0.1, 0.15) is 0 Å². The van der Waals surface area contributed by atoms with Gasteiger partial charge in [0, 0.05) is 37.1 Å². The molecule has 9 heteroatoms. The molecule has 0 aliphatic carbocycles. The molecule has 3 aromatic rings. The van der Waals surface area contributed by atoms with E-state index >= 15 is 0 Å². The lowest BCUT2D eigenvalue weighted by Gasteiger charge is -2.27. The lowest BCUT2D eigenvalue weighted by atomic mass is 10.2. The van der Waals surface area contributed by atoms with Crippen molar-refractivity contribution < 1.29 is 4.74 Å². The number of ether oxygens (including phenoxy) is 1. The fourth-order valence-corrected chi connectivity index (χ4v) is 2.82. The molecule has 1 aliphatic rings. The molecule has 128 valence electrons. The molecule has 3 aromatic heterocycles. The highest BCUT2D eigenvalue weighted by molar-refractivity contribution is 6.29. The maximum atomic E-state index is 12.7. The zero-order valence-corrected chi connectivity index (χ0v) is 14.0. The molecule has 0 spiro atoms. The van der Waals surface area contributed by atoms with Crippen LogP contribution in [-0.4, -0.2) is 51.0 Å². The summed E-state index contributed by atoms with van der Waals surface area (Å²) in [4.78, 5) is 27.3. The molecular formula is C16H15ClN6O2. The first-order chi connectivity index (χ1) is 12.2. The van der Waals surface area contributed by atoms with Gasteiger partial charge in [-0.3, -0.25) is 9.89 Å². The van der Waals surface area contributed by atoms with E-state index in [9.17, 15) is 4.79 Å². The van der Waals surface area contributed by atoms with Crippen molar-refractivity contribution in [2.45, 2.75) is 0 Å². The van der Waals surface area contributed by atoms with E-state index in [-0.39, 0.29) is 5.56 Å². The van der Waals surface area contributed by atoms with Gasteiger partial charge in [0.25, 0.3) is 5.56 Å². The zero-order valence-electron chi connectivity index (χ0n) is 13.2. The molecule has 8 nitrogen and oxygen atoms in total. The molecule has 1 aliphatic heterocycles. The molecule has 25 heavy (non-hydrogen) atoms. The monoisotopic (exact) mass is 358 g/mol. The van der Waals surface area contributed by atoms with Crippen molar-refractivity contribution >= 4 is 17.4 Å². The summed E-state index contributed by atoms with van der Waals surface area (Å²) >= 11 is 5.80. The number of aromatic nitrogens is 5. The predicted molar refractivity (Wildman–Crippen MR) is 93.3 cm³/mol. The van der Waals surface area contributed by atoms with E-state index in [0.29, 0.717) is 35.3 Å². The highest BCUT2D eigenvalue weighted by Gasteiger charge is 2.16. The molecule has 0 saturated carbocycles.